The molecule has 0 N–H and O–H groups in total. The largest absolute Gasteiger partial charge is 0.299 e. The molecular formula is C18H16N2O. The SMILES string of the molecule is N#Cc1ccc(C(=O)c2ccccc2CN2CCC2)cc1. The van der Waals surface area contributed by atoms with Gasteiger partial charge in [-0.3, -0.25) is 9.69 Å². The second kappa shape index (κ2) is 5.90. The van der Waals surface area contributed by atoms with Crippen LogP contribution in [0.15, 0.2) is 48.5 Å². The minimum atomic E-state index is 0.0237. The fraction of sp³-hybridized carbons (Fsp3) is 0.222. The molecule has 1 fully saturated rings. The summed E-state index contributed by atoms with van der Waals surface area (Å²) in [5, 5.41) is 8.82. The van der Waals surface area contributed by atoms with Crippen molar-refractivity contribution in [1.29, 1.82) is 5.26 Å². The van der Waals surface area contributed by atoms with Gasteiger partial charge < -0.3 is 0 Å². The van der Waals surface area contributed by atoms with E-state index in [1.807, 2.05) is 24.3 Å². The number of hydrogen-bond donors (Lipinski definition) is 0. The Morgan fingerprint density at radius 3 is 2.43 bits per heavy atom. The van der Waals surface area contributed by atoms with Crippen molar-refractivity contribution < 1.29 is 4.79 Å². The highest BCUT2D eigenvalue weighted by atomic mass is 16.1. The molecule has 0 aliphatic carbocycles. The molecule has 3 heteroatoms. The zero-order chi connectivity index (χ0) is 14.7. The molecule has 0 saturated carbocycles. The van der Waals surface area contributed by atoms with Gasteiger partial charge in [0, 0.05) is 17.7 Å². The van der Waals surface area contributed by atoms with Gasteiger partial charge in [0.15, 0.2) is 5.78 Å². The summed E-state index contributed by atoms with van der Waals surface area (Å²) in [6.07, 6.45) is 1.24. The van der Waals surface area contributed by atoms with Crippen LogP contribution in [0.1, 0.15) is 33.5 Å². The van der Waals surface area contributed by atoms with E-state index in [9.17, 15) is 4.79 Å². The average Bonchev–Trinajstić information content (AvgIpc) is 2.51. The lowest BCUT2D eigenvalue weighted by Crippen LogP contribution is -2.36. The standard InChI is InChI=1S/C18H16N2O/c19-12-14-6-8-15(9-7-14)18(21)17-5-2-1-4-16(17)13-20-10-3-11-20/h1-2,4-9H,3,10-11,13H2. The number of benzene rings is 2. The number of nitrogens with zero attached hydrogens (tertiary/aromatic N) is 2. The summed E-state index contributed by atoms with van der Waals surface area (Å²) in [6, 6.07) is 16.7. The third kappa shape index (κ3) is 2.86. The molecule has 1 aliphatic heterocycles. The molecule has 0 bridgehead atoms. The van der Waals surface area contributed by atoms with Crippen LogP contribution in [0.5, 0.6) is 0 Å². The summed E-state index contributed by atoms with van der Waals surface area (Å²) in [6.45, 7) is 3.05. The quantitative estimate of drug-likeness (QED) is 0.806. The van der Waals surface area contributed by atoms with E-state index in [4.69, 9.17) is 5.26 Å². The van der Waals surface area contributed by atoms with Crippen LogP contribution in [0.25, 0.3) is 0 Å². The van der Waals surface area contributed by atoms with Crippen LogP contribution in [0.4, 0.5) is 0 Å². The monoisotopic (exact) mass is 276 g/mol. The molecule has 1 aliphatic rings. The van der Waals surface area contributed by atoms with Crippen LogP contribution >= 0.6 is 0 Å². The Kier molecular flexibility index (Phi) is 3.81. The molecule has 21 heavy (non-hydrogen) atoms. The zero-order valence-electron chi connectivity index (χ0n) is 11.7. The lowest BCUT2D eigenvalue weighted by Gasteiger charge is -2.31. The van der Waals surface area contributed by atoms with Gasteiger partial charge in [-0.2, -0.15) is 5.26 Å². The molecule has 2 aromatic carbocycles. The van der Waals surface area contributed by atoms with Crippen LogP contribution in [0.3, 0.4) is 0 Å². The maximum absolute atomic E-state index is 12.7. The summed E-state index contributed by atoms with van der Waals surface area (Å²) in [5.74, 6) is 0.0237. The third-order valence-electron chi connectivity index (χ3n) is 3.88. The fourth-order valence-electron chi connectivity index (χ4n) is 2.51. The van der Waals surface area contributed by atoms with Gasteiger partial charge in [-0.1, -0.05) is 24.3 Å². The van der Waals surface area contributed by atoms with E-state index in [0.29, 0.717) is 11.1 Å². The fourth-order valence-corrected chi connectivity index (χ4v) is 2.51. The van der Waals surface area contributed by atoms with Gasteiger partial charge >= 0.3 is 0 Å². The van der Waals surface area contributed by atoms with E-state index in [2.05, 4.69) is 11.0 Å². The predicted molar refractivity (Wildman–Crippen MR) is 80.9 cm³/mol. The molecule has 0 aromatic heterocycles. The molecule has 3 rings (SSSR count). The minimum absolute atomic E-state index is 0.0237. The Hall–Kier alpha value is -2.44. The lowest BCUT2D eigenvalue weighted by atomic mass is 9.97. The van der Waals surface area contributed by atoms with Gasteiger partial charge in [-0.15, -0.1) is 0 Å². The predicted octanol–water partition coefficient (Wildman–Crippen LogP) is 2.99. The van der Waals surface area contributed by atoms with Gasteiger partial charge in [-0.25, -0.2) is 0 Å². The van der Waals surface area contributed by atoms with E-state index in [1.54, 1.807) is 24.3 Å². The lowest BCUT2D eigenvalue weighted by molar-refractivity contribution is 0.103. The number of hydrogen-bond acceptors (Lipinski definition) is 3. The van der Waals surface area contributed by atoms with Crippen LogP contribution in [0.2, 0.25) is 0 Å². The van der Waals surface area contributed by atoms with Crippen molar-refractivity contribution in [3.8, 4) is 6.07 Å². The van der Waals surface area contributed by atoms with Crippen molar-refractivity contribution in [2.24, 2.45) is 0 Å². The van der Waals surface area contributed by atoms with Crippen molar-refractivity contribution in [1.82, 2.24) is 4.90 Å². The normalized spacial score (nSPS) is 14.2. The van der Waals surface area contributed by atoms with Gasteiger partial charge in [0.2, 0.25) is 0 Å². The highest BCUT2D eigenvalue weighted by Gasteiger charge is 2.18. The molecule has 0 amide bonds. The summed E-state index contributed by atoms with van der Waals surface area (Å²) in [5.41, 5.74) is 3.03. The van der Waals surface area contributed by atoms with Crippen molar-refractivity contribution >= 4 is 5.78 Å². The van der Waals surface area contributed by atoms with E-state index < -0.39 is 0 Å². The maximum Gasteiger partial charge on any atom is 0.193 e. The number of ketones is 1. The zero-order valence-corrected chi connectivity index (χ0v) is 11.7. The molecule has 2 aromatic rings. The first kappa shape index (κ1) is 13.5. The molecule has 1 heterocycles. The highest BCUT2D eigenvalue weighted by Crippen LogP contribution is 2.19. The second-order valence-electron chi connectivity index (χ2n) is 5.31. The van der Waals surface area contributed by atoms with Crippen molar-refractivity contribution in [3.05, 3.63) is 70.8 Å². The Morgan fingerprint density at radius 2 is 1.81 bits per heavy atom. The van der Waals surface area contributed by atoms with Gasteiger partial charge in [0.1, 0.15) is 0 Å². The van der Waals surface area contributed by atoms with Crippen molar-refractivity contribution in [2.45, 2.75) is 13.0 Å². The highest BCUT2D eigenvalue weighted by molar-refractivity contribution is 6.09. The summed E-state index contributed by atoms with van der Waals surface area (Å²) < 4.78 is 0. The second-order valence-corrected chi connectivity index (χ2v) is 5.31. The minimum Gasteiger partial charge on any atom is -0.299 e. The molecule has 0 unspecified atom stereocenters. The Balaban J connectivity index is 1.87. The van der Waals surface area contributed by atoms with E-state index >= 15 is 0 Å². The maximum atomic E-state index is 12.7. The molecule has 104 valence electrons. The Morgan fingerprint density at radius 1 is 1.10 bits per heavy atom. The van der Waals surface area contributed by atoms with Crippen LogP contribution in [-0.2, 0) is 6.54 Å². The Labute approximate surface area is 124 Å². The van der Waals surface area contributed by atoms with Crippen molar-refractivity contribution in [3.63, 3.8) is 0 Å². The Bertz CT molecular complexity index is 694. The number of rotatable bonds is 4. The summed E-state index contributed by atoms with van der Waals surface area (Å²) >= 11 is 0. The number of nitriles is 1. The first-order valence-electron chi connectivity index (χ1n) is 7.13. The molecular weight excluding hydrogens is 260 g/mol. The van der Waals surface area contributed by atoms with E-state index in [1.165, 1.54) is 6.42 Å². The summed E-state index contributed by atoms with van der Waals surface area (Å²) in [4.78, 5) is 15.0. The first-order chi connectivity index (χ1) is 10.3. The van der Waals surface area contributed by atoms with Crippen LogP contribution < -0.4 is 0 Å². The van der Waals surface area contributed by atoms with Gasteiger partial charge in [0.05, 0.1) is 11.6 Å². The third-order valence-corrected chi connectivity index (χ3v) is 3.88. The first-order valence-corrected chi connectivity index (χ1v) is 7.13. The van der Waals surface area contributed by atoms with Gasteiger partial charge in [-0.05, 0) is 49.3 Å². The molecule has 0 atom stereocenters. The number of carbonyl (C=O) groups excluding carboxylic acids is 1. The number of likely N-dealkylation sites (tertiary alicyclic amines) is 1. The van der Waals surface area contributed by atoms with Crippen molar-refractivity contribution in [2.75, 3.05) is 13.1 Å². The van der Waals surface area contributed by atoms with Crippen LogP contribution in [0, 0.1) is 11.3 Å². The van der Waals surface area contributed by atoms with Crippen LogP contribution in [-0.4, -0.2) is 23.8 Å². The van der Waals surface area contributed by atoms with E-state index in [0.717, 1.165) is 30.8 Å². The topological polar surface area (TPSA) is 44.1 Å². The molecule has 0 radical (unpaired) electrons. The van der Waals surface area contributed by atoms with Gasteiger partial charge in [0.25, 0.3) is 0 Å². The smallest absolute Gasteiger partial charge is 0.193 e. The number of carbonyl (C=O) groups is 1. The molecule has 3 nitrogen and oxygen atoms in total. The molecule has 1 saturated heterocycles. The average molecular weight is 276 g/mol. The summed E-state index contributed by atoms with van der Waals surface area (Å²) in [7, 11) is 0. The molecule has 0 spiro atoms. The van der Waals surface area contributed by atoms with E-state index in [-0.39, 0.29) is 5.78 Å².